The first-order valence-electron chi connectivity index (χ1n) is 8.01. The molecule has 2 N–H and O–H groups in total. The first kappa shape index (κ1) is 15.5. The maximum Gasteiger partial charge on any atom is 0.0514 e. The summed E-state index contributed by atoms with van der Waals surface area (Å²) in [7, 11) is 2.25. The zero-order valence-corrected chi connectivity index (χ0v) is 13.1. The number of hydrogen-bond donors (Lipinski definition) is 1. The molecule has 20 heavy (non-hydrogen) atoms. The zero-order valence-electron chi connectivity index (χ0n) is 13.1. The maximum atomic E-state index is 6.42. The van der Waals surface area contributed by atoms with Gasteiger partial charge in [0.1, 0.15) is 0 Å². The van der Waals surface area contributed by atoms with Crippen LogP contribution >= 0.6 is 0 Å². The maximum absolute atomic E-state index is 6.42. The van der Waals surface area contributed by atoms with E-state index in [2.05, 4.69) is 36.8 Å². The Hall–Kier alpha value is -0.930. The normalized spacial score (nSPS) is 26.4. The molecule has 0 radical (unpaired) electrons. The van der Waals surface area contributed by atoms with Crippen LogP contribution in [-0.4, -0.2) is 29.0 Å². The predicted molar refractivity (Wildman–Crippen MR) is 84.4 cm³/mol. The predicted octanol–water partition coefficient (Wildman–Crippen LogP) is 3.37. The van der Waals surface area contributed by atoms with Gasteiger partial charge in [0, 0.05) is 24.5 Å². The zero-order chi connectivity index (χ0) is 14.5. The molecule has 1 heterocycles. The second-order valence-corrected chi connectivity index (χ2v) is 6.39. The Morgan fingerprint density at radius 1 is 1.45 bits per heavy atom. The van der Waals surface area contributed by atoms with Gasteiger partial charge in [0.05, 0.1) is 6.04 Å². The Balaban J connectivity index is 2.18. The van der Waals surface area contributed by atoms with Crippen LogP contribution in [0.2, 0.25) is 0 Å². The van der Waals surface area contributed by atoms with Crippen LogP contribution in [0.3, 0.4) is 0 Å². The molecule has 1 aromatic rings. The van der Waals surface area contributed by atoms with E-state index in [1.165, 1.54) is 31.2 Å². The SMILES string of the molecule is CCC(N)C(c1cccnc1)N(C)C1CCCC(C)C1. The van der Waals surface area contributed by atoms with Crippen molar-refractivity contribution in [2.24, 2.45) is 11.7 Å². The lowest BCUT2D eigenvalue weighted by Crippen LogP contribution is -2.45. The molecule has 112 valence electrons. The van der Waals surface area contributed by atoms with Crippen LogP contribution in [-0.2, 0) is 0 Å². The minimum absolute atomic E-state index is 0.168. The summed E-state index contributed by atoms with van der Waals surface area (Å²) in [6.45, 7) is 4.55. The van der Waals surface area contributed by atoms with Crippen molar-refractivity contribution in [2.75, 3.05) is 7.05 Å². The van der Waals surface area contributed by atoms with Crippen molar-refractivity contribution in [3.63, 3.8) is 0 Å². The molecule has 4 unspecified atom stereocenters. The molecule has 0 aliphatic heterocycles. The van der Waals surface area contributed by atoms with Gasteiger partial charge in [-0.1, -0.05) is 32.8 Å². The Bertz CT molecular complexity index is 392. The fourth-order valence-electron chi connectivity index (χ4n) is 3.56. The van der Waals surface area contributed by atoms with E-state index in [0.29, 0.717) is 6.04 Å². The van der Waals surface area contributed by atoms with Gasteiger partial charge in [-0.2, -0.15) is 0 Å². The summed E-state index contributed by atoms with van der Waals surface area (Å²) >= 11 is 0. The van der Waals surface area contributed by atoms with Gasteiger partial charge in [0.2, 0.25) is 0 Å². The van der Waals surface area contributed by atoms with Gasteiger partial charge in [-0.3, -0.25) is 9.88 Å². The molecule has 0 bridgehead atoms. The molecule has 0 saturated heterocycles. The van der Waals surface area contributed by atoms with Gasteiger partial charge in [0.25, 0.3) is 0 Å². The van der Waals surface area contributed by atoms with Crippen molar-refractivity contribution in [1.29, 1.82) is 0 Å². The first-order chi connectivity index (χ1) is 9.63. The highest BCUT2D eigenvalue weighted by atomic mass is 15.2. The third-order valence-electron chi connectivity index (χ3n) is 4.83. The lowest BCUT2D eigenvalue weighted by atomic mass is 9.84. The summed E-state index contributed by atoms with van der Waals surface area (Å²) in [5.41, 5.74) is 7.67. The van der Waals surface area contributed by atoms with Crippen molar-refractivity contribution in [3.8, 4) is 0 Å². The quantitative estimate of drug-likeness (QED) is 0.896. The van der Waals surface area contributed by atoms with Crippen LogP contribution in [0.1, 0.15) is 57.6 Å². The molecular weight excluding hydrogens is 246 g/mol. The molecule has 3 heteroatoms. The van der Waals surface area contributed by atoms with Crippen LogP contribution in [0.15, 0.2) is 24.5 Å². The third kappa shape index (κ3) is 3.58. The number of likely N-dealkylation sites (N-methyl/N-ethyl adjacent to an activating group) is 1. The summed E-state index contributed by atoms with van der Waals surface area (Å²) in [5, 5.41) is 0. The molecule has 1 aliphatic carbocycles. The minimum atomic E-state index is 0.168. The lowest BCUT2D eigenvalue weighted by molar-refractivity contribution is 0.102. The van der Waals surface area contributed by atoms with E-state index >= 15 is 0 Å². The second-order valence-electron chi connectivity index (χ2n) is 6.39. The summed E-state index contributed by atoms with van der Waals surface area (Å²) in [4.78, 5) is 6.80. The number of aromatic nitrogens is 1. The van der Waals surface area contributed by atoms with Crippen molar-refractivity contribution in [3.05, 3.63) is 30.1 Å². The Morgan fingerprint density at radius 2 is 2.25 bits per heavy atom. The van der Waals surface area contributed by atoms with E-state index in [9.17, 15) is 0 Å². The van der Waals surface area contributed by atoms with E-state index in [0.717, 1.165) is 12.3 Å². The van der Waals surface area contributed by atoms with Crippen molar-refractivity contribution < 1.29 is 0 Å². The van der Waals surface area contributed by atoms with Gasteiger partial charge in [-0.05, 0) is 43.9 Å². The van der Waals surface area contributed by atoms with Gasteiger partial charge < -0.3 is 5.73 Å². The van der Waals surface area contributed by atoms with Gasteiger partial charge in [-0.15, -0.1) is 0 Å². The van der Waals surface area contributed by atoms with E-state index in [1.54, 1.807) is 0 Å². The van der Waals surface area contributed by atoms with Gasteiger partial charge in [0.15, 0.2) is 0 Å². The topological polar surface area (TPSA) is 42.1 Å². The van der Waals surface area contributed by atoms with Crippen LogP contribution in [0, 0.1) is 5.92 Å². The molecule has 2 rings (SSSR count). The third-order valence-corrected chi connectivity index (χ3v) is 4.83. The highest BCUT2D eigenvalue weighted by Gasteiger charge is 2.30. The van der Waals surface area contributed by atoms with Crippen molar-refractivity contribution >= 4 is 0 Å². The minimum Gasteiger partial charge on any atom is -0.326 e. The summed E-state index contributed by atoms with van der Waals surface area (Å²) in [5.74, 6) is 0.837. The molecule has 1 aliphatic rings. The lowest BCUT2D eigenvalue weighted by Gasteiger charge is -2.41. The molecule has 0 amide bonds. The molecule has 1 saturated carbocycles. The number of hydrogen-bond acceptors (Lipinski definition) is 3. The van der Waals surface area contributed by atoms with E-state index in [1.807, 2.05) is 18.5 Å². The fourth-order valence-corrected chi connectivity index (χ4v) is 3.56. The highest BCUT2D eigenvalue weighted by molar-refractivity contribution is 5.16. The number of nitrogens with zero attached hydrogens (tertiary/aromatic N) is 2. The fraction of sp³-hybridized carbons (Fsp3) is 0.706. The van der Waals surface area contributed by atoms with Crippen LogP contribution in [0.25, 0.3) is 0 Å². The number of nitrogens with two attached hydrogens (primary N) is 1. The van der Waals surface area contributed by atoms with E-state index in [-0.39, 0.29) is 12.1 Å². The standard InChI is InChI=1S/C17H29N3/c1-4-16(18)17(14-8-6-10-19-12-14)20(3)15-9-5-7-13(2)11-15/h6,8,10,12-13,15-17H,4-5,7,9,11,18H2,1-3H3. The van der Waals surface area contributed by atoms with Crippen molar-refractivity contribution in [1.82, 2.24) is 9.88 Å². The second kappa shape index (κ2) is 7.19. The number of pyridine rings is 1. The van der Waals surface area contributed by atoms with Crippen LogP contribution in [0.4, 0.5) is 0 Å². The van der Waals surface area contributed by atoms with E-state index < -0.39 is 0 Å². The van der Waals surface area contributed by atoms with Crippen LogP contribution in [0.5, 0.6) is 0 Å². The Kier molecular flexibility index (Phi) is 5.55. The Labute approximate surface area is 123 Å². The monoisotopic (exact) mass is 275 g/mol. The molecule has 4 atom stereocenters. The molecule has 0 spiro atoms. The first-order valence-corrected chi connectivity index (χ1v) is 8.01. The summed E-state index contributed by atoms with van der Waals surface area (Å²) in [6.07, 6.45) is 10.1. The van der Waals surface area contributed by atoms with Crippen molar-refractivity contribution in [2.45, 2.75) is 64.1 Å². The number of rotatable bonds is 5. The average molecular weight is 275 g/mol. The largest absolute Gasteiger partial charge is 0.326 e. The van der Waals surface area contributed by atoms with Gasteiger partial charge in [-0.25, -0.2) is 0 Å². The van der Waals surface area contributed by atoms with Gasteiger partial charge >= 0.3 is 0 Å². The molecule has 1 aromatic heterocycles. The molecular formula is C17H29N3. The molecule has 3 nitrogen and oxygen atoms in total. The molecule has 1 fully saturated rings. The van der Waals surface area contributed by atoms with E-state index in [4.69, 9.17) is 5.73 Å². The molecule has 0 aromatic carbocycles. The highest BCUT2D eigenvalue weighted by Crippen LogP contribution is 2.33. The summed E-state index contributed by atoms with van der Waals surface area (Å²) in [6, 6.07) is 5.28. The van der Waals surface area contributed by atoms with Crippen LogP contribution < -0.4 is 5.73 Å². The smallest absolute Gasteiger partial charge is 0.0514 e. The Morgan fingerprint density at radius 3 is 2.85 bits per heavy atom. The summed E-state index contributed by atoms with van der Waals surface area (Å²) < 4.78 is 0. The average Bonchev–Trinajstić information content (AvgIpc) is 2.48.